The number of amides is 1. The quantitative estimate of drug-likeness (QED) is 0.840. The third-order valence-electron chi connectivity index (χ3n) is 4.05. The van der Waals surface area contributed by atoms with Gasteiger partial charge in [0.25, 0.3) is 5.91 Å². The molecule has 0 saturated heterocycles. The third kappa shape index (κ3) is 4.13. The van der Waals surface area contributed by atoms with Crippen LogP contribution < -0.4 is 14.8 Å². The Balaban J connectivity index is 2.08. The Labute approximate surface area is 132 Å². The summed E-state index contributed by atoms with van der Waals surface area (Å²) in [5, 5.41) is 3.04. The summed E-state index contributed by atoms with van der Waals surface area (Å²) in [6, 6.07) is 5.42. The van der Waals surface area contributed by atoms with Crippen molar-refractivity contribution in [1.29, 1.82) is 0 Å². The van der Waals surface area contributed by atoms with Crippen LogP contribution in [0.15, 0.2) is 18.2 Å². The second-order valence-electron chi connectivity index (χ2n) is 5.72. The maximum Gasteiger partial charge on any atom is 0.253 e. The van der Waals surface area contributed by atoms with E-state index in [4.69, 9.17) is 9.47 Å². The van der Waals surface area contributed by atoms with Crippen LogP contribution >= 0.6 is 0 Å². The first-order valence-electron chi connectivity index (χ1n) is 7.90. The molecule has 0 radical (unpaired) electrons. The number of nitrogens with zero attached hydrogens (tertiary/aromatic N) is 1. The van der Waals surface area contributed by atoms with Crippen LogP contribution in [0.2, 0.25) is 0 Å². The average molecular weight is 306 g/mol. The first-order chi connectivity index (χ1) is 10.7. The number of hydrogen-bond donors (Lipinski definition) is 1. The van der Waals surface area contributed by atoms with Crippen molar-refractivity contribution in [2.45, 2.75) is 31.8 Å². The van der Waals surface area contributed by atoms with Crippen molar-refractivity contribution in [1.82, 2.24) is 10.2 Å². The number of benzene rings is 1. The lowest BCUT2D eigenvalue weighted by Crippen LogP contribution is -2.32. The van der Waals surface area contributed by atoms with Gasteiger partial charge in [-0.3, -0.25) is 4.79 Å². The summed E-state index contributed by atoms with van der Waals surface area (Å²) in [6.07, 6.45) is 4.90. The van der Waals surface area contributed by atoms with E-state index < -0.39 is 0 Å². The molecule has 0 heterocycles. The molecule has 1 aliphatic carbocycles. The van der Waals surface area contributed by atoms with Crippen LogP contribution in [0.25, 0.3) is 0 Å². The van der Waals surface area contributed by atoms with E-state index in [1.165, 1.54) is 12.8 Å². The Kier molecular flexibility index (Phi) is 6.07. The molecule has 1 aliphatic rings. The molecule has 1 fully saturated rings. The predicted octanol–water partition coefficient (Wildman–Crippen LogP) is 2.31. The molecule has 2 rings (SSSR count). The SMILES string of the molecule is CNCCN(C)C(=O)c1ccc(OC2CCCC2)c(OC)c1. The van der Waals surface area contributed by atoms with Crippen LogP contribution in [0.1, 0.15) is 36.0 Å². The minimum Gasteiger partial charge on any atom is -0.493 e. The fourth-order valence-electron chi connectivity index (χ4n) is 2.69. The smallest absolute Gasteiger partial charge is 0.253 e. The monoisotopic (exact) mass is 306 g/mol. The molecule has 1 saturated carbocycles. The van der Waals surface area contributed by atoms with E-state index in [0.29, 0.717) is 17.9 Å². The third-order valence-corrected chi connectivity index (χ3v) is 4.05. The summed E-state index contributed by atoms with van der Waals surface area (Å²) in [5.41, 5.74) is 0.620. The molecule has 0 atom stereocenters. The summed E-state index contributed by atoms with van der Waals surface area (Å²) < 4.78 is 11.4. The van der Waals surface area contributed by atoms with Gasteiger partial charge in [-0.2, -0.15) is 0 Å². The maximum atomic E-state index is 12.4. The number of ether oxygens (including phenoxy) is 2. The van der Waals surface area contributed by atoms with Crippen molar-refractivity contribution in [3.05, 3.63) is 23.8 Å². The maximum absolute atomic E-state index is 12.4. The Hall–Kier alpha value is -1.75. The molecule has 0 unspecified atom stereocenters. The van der Waals surface area contributed by atoms with Gasteiger partial charge in [-0.15, -0.1) is 0 Å². The van der Waals surface area contributed by atoms with Gasteiger partial charge >= 0.3 is 0 Å². The van der Waals surface area contributed by atoms with Gasteiger partial charge in [0, 0.05) is 25.7 Å². The molecule has 1 aromatic carbocycles. The van der Waals surface area contributed by atoms with Gasteiger partial charge in [-0.25, -0.2) is 0 Å². The van der Waals surface area contributed by atoms with E-state index >= 15 is 0 Å². The van der Waals surface area contributed by atoms with Crippen molar-refractivity contribution in [2.75, 3.05) is 34.3 Å². The first kappa shape index (κ1) is 16.6. The molecule has 0 aliphatic heterocycles. The number of hydrogen-bond acceptors (Lipinski definition) is 4. The van der Waals surface area contributed by atoms with Crippen molar-refractivity contribution >= 4 is 5.91 Å². The first-order valence-corrected chi connectivity index (χ1v) is 7.90. The van der Waals surface area contributed by atoms with Gasteiger partial charge < -0.3 is 19.7 Å². The molecule has 5 heteroatoms. The lowest BCUT2D eigenvalue weighted by molar-refractivity contribution is 0.0796. The number of carbonyl (C=O) groups excluding carboxylic acids is 1. The zero-order chi connectivity index (χ0) is 15.9. The molecular formula is C17H26N2O3. The average Bonchev–Trinajstić information content (AvgIpc) is 3.05. The number of methoxy groups -OCH3 is 1. The highest BCUT2D eigenvalue weighted by Crippen LogP contribution is 2.32. The molecule has 1 amide bonds. The fraction of sp³-hybridized carbons (Fsp3) is 0.588. The van der Waals surface area contributed by atoms with Gasteiger partial charge in [0.05, 0.1) is 13.2 Å². The highest BCUT2D eigenvalue weighted by atomic mass is 16.5. The predicted molar refractivity (Wildman–Crippen MR) is 86.8 cm³/mol. The van der Waals surface area contributed by atoms with Crippen LogP contribution in [-0.2, 0) is 0 Å². The molecule has 0 bridgehead atoms. The van der Waals surface area contributed by atoms with Crippen LogP contribution in [0, 0.1) is 0 Å². The Morgan fingerprint density at radius 3 is 2.68 bits per heavy atom. The second kappa shape index (κ2) is 8.03. The molecule has 122 valence electrons. The summed E-state index contributed by atoms with van der Waals surface area (Å²) in [4.78, 5) is 14.1. The van der Waals surface area contributed by atoms with Gasteiger partial charge in [-0.05, 0) is 50.9 Å². The fourth-order valence-corrected chi connectivity index (χ4v) is 2.69. The number of likely N-dealkylation sites (N-methyl/N-ethyl adjacent to an activating group) is 2. The van der Waals surface area contributed by atoms with E-state index in [1.54, 1.807) is 25.1 Å². The van der Waals surface area contributed by atoms with Gasteiger partial charge in [0.2, 0.25) is 0 Å². The van der Waals surface area contributed by atoms with Gasteiger partial charge in [-0.1, -0.05) is 0 Å². The van der Waals surface area contributed by atoms with E-state index in [-0.39, 0.29) is 12.0 Å². The van der Waals surface area contributed by atoms with Gasteiger partial charge in [0.1, 0.15) is 0 Å². The number of nitrogens with one attached hydrogen (secondary N) is 1. The van der Waals surface area contributed by atoms with E-state index in [1.807, 2.05) is 19.2 Å². The van der Waals surface area contributed by atoms with Crippen molar-refractivity contribution < 1.29 is 14.3 Å². The highest BCUT2D eigenvalue weighted by Gasteiger charge is 2.20. The van der Waals surface area contributed by atoms with Crippen molar-refractivity contribution in [3.8, 4) is 11.5 Å². The molecule has 22 heavy (non-hydrogen) atoms. The Morgan fingerprint density at radius 2 is 2.05 bits per heavy atom. The second-order valence-corrected chi connectivity index (χ2v) is 5.72. The van der Waals surface area contributed by atoms with E-state index in [0.717, 1.165) is 25.1 Å². The lowest BCUT2D eigenvalue weighted by Gasteiger charge is -2.19. The molecule has 1 aromatic rings. The summed E-state index contributed by atoms with van der Waals surface area (Å²) >= 11 is 0. The van der Waals surface area contributed by atoms with Crippen LogP contribution in [0.3, 0.4) is 0 Å². The molecule has 5 nitrogen and oxygen atoms in total. The zero-order valence-corrected chi connectivity index (χ0v) is 13.7. The van der Waals surface area contributed by atoms with Crippen LogP contribution in [-0.4, -0.2) is 51.2 Å². The molecule has 1 N–H and O–H groups in total. The van der Waals surface area contributed by atoms with Crippen molar-refractivity contribution in [2.24, 2.45) is 0 Å². The highest BCUT2D eigenvalue weighted by molar-refractivity contribution is 5.94. The Bertz CT molecular complexity index is 499. The Morgan fingerprint density at radius 1 is 1.32 bits per heavy atom. The minimum atomic E-state index is -0.0130. The normalized spacial score (nSPS) is 14.9. The lowest BCUT2D eigenvalue weighted by atomic mass is 10.1. The van der Waals surface area contributed by atoms with Crippen molar-refractivity contribution in [3.63, 3.8) is 0 Å². The number of carbonyl (C=O) groups is 1. The standard InChI is InChI=1S/C17H26N2O3/c1-18-10-11-19(2)17(20)13-8-9-15(16(12-13)21-3)22-14-6-4-5-7-14/h8-9,12,14,18H,4-7,10-11H2,1-3H3. The zero-order valence-electron chi connectivity index (χ0n) is 13.7. The molecule has 0 aromatic heterocycles. The molecular weight excluding hydrogens is 280 g/mol. The van der Waals surface area contributed by atoms with E-state index in [2.05, 4.69) is 5.32 Å². The topological polar surface area (TPSA) is 50.8 Å². The summed E-state index contributed by atoms with van der Waals surface area (Å²) in [7, 11) is 5.28. The summed E-state index contributed by atoms with van der Waals surface area (Å²) in [5.74, 6) is 1.34. The molecule has 0 spiro atoms. The van der Waals surface area contributed by atoms with Crippen LogP contribution in [0.5, 0.6) is 11.5 Å². The number of rotatable bonds is 7. The van der Waals surface area contributed by atoms with E-state index in [9.17, 15) is 4.79 Å². The van der Waals surface area contributed by atoms with Crippen LogP contribution in [0.4, 0.5) is 0 Å². The minimum absolute atomic E-state index is 0.0130. The summed E-state index contributed by atoms with van der Waals surface area (Å²) in [6.45, 7) is 1.43. The largest absolute Gasteiger partial charge is 0.493 e. The van der Waals surface area contributed by atoms with Gasteiger partial charge in [0.15, 0.2) is 11.5 Å².